The fourth-order valence-corrected chi connectivity index (χ4v) is 4.79. The van der Waals surface area contributed by atoms with Gasteiger partial charge in [0.05, 0.1) is 26.6 Å². The Morgan fingerprint density at radius 1 is 0.972 bits per heavy atom. The first-order chi connectivity index (χ1) is 17.7. The lowest BCUT2D eigenvalue weighted by Gasteiger charge is -2.30. The van der Waals surface area contributed by atoms with Gasteiger partial charge < -0.3 is 18.9 Å². The number of ether oxygens (including phenoxy) is 2. The Morgan fingerprint density at radius 2 is 1.81 bits per heavy atom. The van der Waals surface area contributed by atoms with Gasteiger partial charge in [-0.25, -0.2) is 4.98 Å². The summed E-state index contributed by atoms with van der Waals surface area (Å²) in [6.07, 6.45) is 10.4. The minimum Gasteiger partial charge on any atom is -0.493 e. The van der Waals surface area contributed by atoms with Crippen LogP contribution >= 0.6 is 0 Å². The van der Waals surface area contributed by atoms with Crippen molar-refractivity contribution in [2.75, 3.05) is 32.2 Å². The van der Waals surface area contributed by atoms with Crippen LogP contribution < -0.4 is 14.4 Å². The maximum Gasteiger partial charge on any atom is 0.231 e. The first-order valence-electron chi connectivity index (χ1n) is 12.4. The van der Waals surface area contributed by atoms with E-state index in [9.17, 15) is 0 Å². The molecule has 0 spiro atoms. The fraction of sp³-hybridized carbons (Fsp3) is 0.357. The van der Waals surface area contributed by atoms with Crippen molar-refractivity contribution < 1.29 is 14.0 Å². The monoisotopic (exact) mass is 485 g/mol. The van der Waals surface area contributed by atoms with Crippen LogP contribution in [-0.2, 0) is 12.8 Å². The summed E-state index contributed by atoms with van der Waals surface area (Å²) in [6, 6.07) is 14.0. The maximum absolute atomic E-state index is 5.71. The Kier molecular flexibility index (Phi) is 7.40. The second-order valence-corrected chi connectivity index (χ2v) is 8.99. The van der Waals surface area contributed by atoms with Crippen LogP contribution in [0.1, 0.15) is 53.6 Å². The molecule has 0 aliphatic carbocycles. The molecule has 5 rings (SSSR count). The van der Waals surface area contributed by atoms with Crippen molar-refractivity contribution in [3.63, 3.8) is 0 Å². The van der Waals surface area contributed by atoms with Crippen LogP contribution in [-0.4, -0.2) is 47.4 Å². The first-order valence-corrected chi connectivity index (χ1v) is 12.4. The van der Waals surface area contributed by atoms with Gasteiger partial charge in [0.1, 0.15) is 5.82 Å². The number of nitrogens with zero attached hydrogens (tertiary/aromatic N) is 5. The molecule has 8 nitrogen and oxygen atoms in total. The van der Waals surface area contributed by atoms with Crippen LogP contribution in [0.2, 0.25) is 0 Å². The Hall–Kier alpha value is -3.94. The van der Waals surface area contributed by atoms with E-state index in [2.05, 4.69) is 27.2 Å². The molecule has 0 radical (unpaired) electrons. The van der Waals surface area contributed by atoms with Gasteiger partial charge in [0.25, 0.3) is 0 Å². The number of hydrogen-bond acceptors (Lipinski definition) is 8. The largest absolute Gasteiger partial charge is 0.493 e. The number of aromatic nitrogens is 4. The number of methoxy groups -OCH3 is 2. The lowest BCUT2D eigenvalue weighted by molar-refractivity contribution is 0.354. The zero-order valence-corrected chi connectivity index (χ0v) is 20.8. The van der Waals surface area contributed by atoms with Crippen LogP contribution in [0.4, 0.5) is 5.82 Å². The van der Waals surface area contributed by atoms with Crippen molar-refractivity contribution in [3.8, 4) is 11.5 Å². The van der Waals surface area contributed by atoms with E-state index >= 15 is 0 Å². The zero-order valence-electron chi connectivity index (χ0n) is 20.8. The summed E-state index contributed by atoms with van der Waals surface area (Å²) >= 11 is 0. The smallest absolute Gasteiger partial charge is 0.231 e. The zero-order chi connectivity index (χ0) is 24.7. The molecule has 1 saturated heterocycles. The number of anilines is 1. The van der Waals surface area contributed by atoms with Crippen LogP contribution in [0.25, 0.3) is 0 Å². The van der Waals surface area contributed by atoms with Crippen molar-refractivity contribution in [2.45, 2.75) is 38.0 Å². The summed E-state index contributed by atoms with van der Waals surface area (Å²) in [7, 11) is 3.25. The molecule has 186 valence electrons. The van der Waals surface area contributed by atoms with Crippen LogP contribution in [0.5, 0.6) is 11.5 Å². The van der Waals surface area contributed by atoms with Gasteiger partial charge in [-0.15, -0.1) is 0 Å². The molecule has 4 aromatic rings. The third-order valence-electron chi connectivity index (χ3n) is 6.63. The van der Waals surface area contributed by atoms with E-state index in [1.807, 2.05) is 42.7 Å². The molecule has 4 heterocycles. The number of pyridine rings is 2. The Morgan fingerprint density at radius 3 is 2.58 bits per heavy atom. The summed E-state index contributed by atoms with van der Waals surface area (Å²) < 4.78 is 16.5. The second-order valence-electron chi connectivity index (χ2n) is 8.99. The molecule has 0 bridgehead atoms. The van der Waals surface area contributed by atoms with Gasteiger partial charge in [0.15, 0.2) is 17.3 Å². The van der Waals surface area contributed by atoms with E-state index in [-0.39, 0.29) is 5.92 Å². The van der Waals surface area contributed by atoms with Crippen LogP contribution in [0, 0.1) is 0 Å². The summed E-state index contributed by atoms with van der Waals surface area (Å²) in [4.78, 5) is 16.3. The Bertz CT molecular complexity index is 1270. The average molecular weight is 486 g/mol. The second kappa shape index (κ2) is 11.2. The molecule has 1 unspecified atom stereocenters. The van der Waals surface area contributed by atoms with Gasteiger partial charge in [0, 0.05) is 31.7 Å². The minimum atomic E-state index is -0.102. The molecule has 1 aliphatic heterocycles. The Labute approximate surface area is 211 Å². The normalized spacial score (nSPS) is 14.4. The van der Waals surface area contributed by atoms with Gasteiger partial charge in [-0.1, -0.05) is 23.4 Å². The molecule has 8 heteroatoms. The Balaban J connectivity index is 1.42. The fourth-order valence-electron chi connectivity index (χ4n) is 4.79. The molecule has 1 aromatic carbocycles. The lowest BCUT2D eigenvalue weighted by Crippen LogP contribution is -2.31. The molecule has 0 amide bonds. The maximum atomic E-state index is 5.71. The highest BCUT2D eigenvalue weighted by molar-refractivity contribution is 5.48. The van der Waals surface area contributed by atoms with Crippen molar-refractivity contribution in [1.82, 2.24) is 20.1 Å². The molecule has 0 saturated carbocycles. The SMILES string of the molecule is COc1ccc(Cc2nc(C(Cc3cccnc3N3CCCCC3)c3cccnc3)no2)cc1OC. The van der Waals surface area contributed by atoms with Gasteiger partial charge >= 0.3 is 0 Å². The number of benzene rings is 1. The summed E-state index contributed by atoms with van der Waals surface area (Å²) in [5.74, 6) is 3.50. The van der Waals surface area contributed by atoms with Crippen molar-refractivity contribution in [2.24, 2.45) is 0 Å². The van der Waals surface area contributed by atoms with Gasteiger partial charge in [0.2, 0.25) is 5.89 Å². The topological polar surface area (TPSA) is 86.4 Å². The van der Waals surface area contributed by atoms with E-state index in [4.69, 9.17) is 24.0 Å². The number of rotatable bonds is 9. The van der Waals surface area contributed by atoms with Crippen molar-refractivity contribution in [1.29, 1.82) is 0 Å². The van der Waals surface area contributed by atoms with Gasteiger partial charge in [-0.05, 0) is 66.6 Å². The van der Waals surface area contributed by atoms with E-state index in [0.717, 1.165) is 30.0 Å². The third kappa shape index (κ3) is 5.32. The predicted octanol–water partition coefficient (Wildman–Crippen LogP) is 4.83. The minimum absolute atomic E-state index is 0.102. The molecule has 1 aliphatic rings. The lowest BCUT2D eigenvalue weighted by atomic mass is 9.92. The molecular weight excluding hydrogens is 454 g/mol. The van der Waals surface area contributed by atoms with Crippen LogP contribution in [0.15, 0.2) is 65.6 Å². The standard InChI is InChI=1S/C28H31N5O3/c1-34-24-11-10-20(16-25(24)35-2)17-26-31-27(32-36-26)23(22-9-6-12-29-19-22)18-21-8-7-13-30-28(21)33-14-4-3-5-15-33/h6-13,16,19,23H,3-5,14-15,17-18H2,1-2H3. The highest BCUT2D eigenvalue weighted by Crippen LogP contribution is 2.32. The van der Waals surface area contributed by atoms with Crippen molar-refractivity contribution in [3.05, 3.63) is 89.5 Å². The third-order valence-corrected chi connectivity index (χ3v) is 6.63. The summed E-state index contributed by atoms with van der Waals surface area (Å²) in [5, 5.41) is 4.40. The van der Waals surface area contributed by atoms with Crippen molar-refractivity contribution >= 4 is 5.82 Å². The highest BCUT2D eigenvalue weighted by atomic mass is 16.5. The molecule has 3 aromatic heterocycles. The molecule has 0 N–H and O–H groups in total. The first kappa shape index (κ1) is 23.8. The van der Waals surface area contributed by atoms with E-state index in [1.165, 1.54) is 24.8 Å². The van der Waals surface area contributed by atoms with E-state index in [0.29, 0.717) is 36.1 Å². The molecule has 1 fully saturated rings. The molecular formula is C28H31N5O3. The predicted molar refractivity (Wildman–Crippen MR) is 137 cm³/mol. The summed E-state index contributed by atoms with van der Waals surface area (Å²) in [5.41, 5.74) is 3.23. The quantitative estimate of drug-likeness (QED) is 0.333. The molecule has 36 heavy (non-hydrogen) atoms. The number of hydrogen-bond donors (Lipinski definition) is 0. The van der Waals surface area contributed by atoms with Crippen LogP contribution in [0.3, 0.4) is 0 Å². The number of piperidine rings is 1. The highest BCUT2D eigenvalue weighted by Gasteiger charge is 2.25. The van der Waals surface area contributed by atoms with E-state index < -0.39 is 0 Å². The molecule has 1 atom stereocenters. The van der Waals surface area contributed by atoms with Gasteiger partial charge in [-0.2, -0.15) is 4.98 Å². The van der Waals surface area contributed by atoms with Gasteiger partial charge in [-0.3, -0.25) is 4.98 Å². The summed E-state index contributed by atoms with van der Waals surface area (Å²) in [6.45, 7) is 2.08. The van der Waals surface area contributed by atoms with E-state index in [1.54, 1.807) is 20.4 Å². The average Bonchev–Trinajstić information content (AvgIpc) is 3.40.